The lowest BCUT2D eigenvalue weighted by atomic mass is 9.99. The zero-order chi connectivity index (χ0) is 16.7. The van der Waals surface area contributed by atoms with Crippen molar-refractivity contribution < 1.29 is 14.1 Å². The van der Waals surface area contributed by atoms with Gasteiger partial charge in [0.05, 0.1) is 16.7 Å². The summed E-state index contributed by atoms with van der Waals surface area (Å²) in [5.41, 5.74) is 6.70. The second-order valence-electron chi connectivity index (χ2n) is 6.43. The lowest BCUT2D eigenvalue weighted by Crippen LogP contribution is -2.34. The van der Waals surface area contributed by atoms with E-state index in [1.54, 1.807) is 24.3 Å². The second-order valence-corrected chi connectivity index (χ2v) is 6.43. The molecule has 1 aromatic heterocycles. The fraction of sp³-hybridized carbons (Fsp3) is 0.412. The van der Waals surface area contributed by atoms with E-state index in [1.165, 1.54) is 4.90 Å². The fourth-order valence-corrected chi connectivity index (χ4v) is 3.44. The first-order chi connectivity index (χ1) is 11.6. The van der Waals surface area contributed by atoms with Gasteiger partial charge in [0.1, 0.15) is 0 Å². The maximum absolute atomic E-state index is 12.3. The Kier molecular flexibility index (Phi) is 4.62. The Bertz CT molecular complexity index is 779. The highest BCUT2D eigenvalue weighted by Gasteiger charge is 2.37. The van der Waals surface area contributed by atoms with Crippen molar-refractivity contribution >= 4 is 24.2 Å². The first kappa shape index (κ1) is 17.6. The van der Waals surface area contributed by atoms with Gasteiger partial charge in [0.15, 0.2) is 5.82 Å². The summed E-state index contributed by atoms with van der Waals surface area (Å²) >= 11 is 0. The molecule has 0 spiro atoms. The number of amides is 2. The molecule has 4 rings (SSSR count). The Labute approximate surface area is 151 Å². The Morgan fingerprint density at radius 1 is 1.12 bits per heavy atom. The third kappa shape index (κ3) is 2.94. The van der Waals surface area contributed by atoms with E-state index in [-0.39, 0.29) is 30.8 Å². The van der Waals surface area contributed by atoms with Crippen LogP contribution in [0.15, 0.2) is 28.8 Å². The van der Waals surface area contributed by atoms with Gasteiger partial charge in [-0.3, -0.25) is 14.5 Å². The van der Waals surface area contributed by atoms with Crippen LogP contribution in [0.5, 0.6) is 0 Å². The van der Waals surface area contributed by atoms with Crippen molar-refractivity contribution in [1.82, 2.24) is 15.0 Å². The largest absolute Gasteiger partial charge is 0.339 e. The molecule has 2 amide bonds. The highest BCUT2D eigenvalue weighted by atomic mass is 35.5. The maximum atomic E-state index is 12.3. The summed E-state index contributed by atoms with van der Waals surface area (Å²) in [7, 11) is 0. The lowest BCUT2D eigenvalue weighted by Gasteiger charge is -2.17. The van der Waals surface area contributed by atoms with Gasteiger partial charge >= 0.3 is 0 Å². The predicted molar refractivity (Wildman–Crippen MR) is 91.4 cm³/mol. The van der Waals surface area contributed by atoms with Gasteiger partial charge in [-0.2, -0.15) is 4.98 Å². The Balaban J connectivity index is 0.00000182. The van der Waals surface area contributed by atoms with Gasteiger partial charge in [-0.15, -0.1) is 12.4 Å². The van der Waals surface area contributed by atoms with E-state index >= 15 is 0 Å². The molecule has 0 saturated heterocycles. The number of halogens is 1. The van der Waals surface area contributed by atoms with Crippen LogP contribution in [0.4, 0.5) is 0 Å². The van der Waals surface area contributed by atoms with Crippen LogP contribution in [0.25, 0.3) is 0 Å². The molecule has 1 aliphatic carbocycles. The smallest absolute Gasteiger partial charge is 0.261 e. The molecule has 1 saturated carbocycles. The van der Waals surface area contributed by atoms with Crippen molar-refractivity contribution in [3.63, 3.8) is 0 Å². The molecule has 25 heavy (non-hydrogen) atoms. The highest BCUT2D eigenvalue weighted by Crippen LogP contribution is 2.34. The minimum atomic E-state index is -0.503. The van der Waals surface area contributed by atoms with Gasteiger partial charge in [0, 0.05) is 13.0 Å². The van der Waals surface area contributed by atoms with E-state index in [9.17, 15) is 9.59 Å². The SMILES string of the molecule is Cl.NC1(c2noc(CCN3C(=O)c4ccccc4C3=O)n2)CCCC1. The molecule has 132 valence electrons. The molecular formula is C17H19ClN4O3. The van der Waals surface area contributed by atoms with E-state index < -0.39 is 5.54 Å². The first-order valence-corrected chi connectivity index (χ1v) is 8.16. The van der Waals surface area contributed by atoms with Crippen molar-refractivity contribution in [2.45, 2.75) is 37.6 Å². The fourth-order valence-electron chi connectivity index (χ4n) is 3.44. The summed E-state index contributed by atoms with van der Waals surface area (Å²) in [6, 6.07) is 6.83. The van der Waals surface area contributed by atoms with E-state index in [4.69, 9.17) is 10.3 Å². The number of hydrogen-bond acceptors (Lipinski definition) is 6. The molecule has 1 aliphatic heterocycles. The van der Waals surface area contributed by atoms with Crippen LogP contribution in [0.1, 0.15) is 58.1 Å². The van der Waals surface area contributed by atoms with Gasteiger partial charge in [-0.25, -0.2) is 0 Å². The highest BCUT2D eigenvalue weighted by molar-refractivity contribution is 6.21. The molecule has 2 aromatic rings. The van der Waals surface area contributed by atoms with Gasteiger partial charge < -0.3 is 10.3 Å². The summed E-state index contributed by atoms with van der Waals surface area (Å²) in [5.74, 6) is 0.374. The van der Waals surface area contributed by atoms with Crippen LogP contribution in [0, 0.1) is 0 Å². The molecule has 1 aromatic carbocycles. The van der Waals surface area contributed by atoms with Crippen LogP contribution < -0.4 is 5.73 Å². The molecule has 2 heterocycles. The monoisotopic (exact) mass is 362 g/mol. The minimum absolute atomic E-state index is 0. The van der Waals surface area contributed by atoms with Gasteiger partial charge in [0.2, 0.25) is 5.89 Å². The topological polar surface area (TPSA) is 102 Å². The van der Waals surface area contributed by atoms with Crippen LogP contribution in [-0.4, -0.2) is 33.4 Å². The first-order valence-electron chi connectivity index (χ1n) is 8.16. The molecule has 7 nitrogen and oxygen atoms in total. The average molecular weight is 363 g/mol. The van der Waals surface area contributed by atoms with Crippen LogP contribution in [0.2, 0.25) is 0 Å². The van der Waals surface area contributed by atoms with E-state index in [1.807, 2.05) is 0 Å². The number of carbonyl (C=O) groups excluding carboxylic acids is 2. The third-order valence-electron chi connectivity index (χ3n) is 4.84. The normalized spacial score (nSPS) is 18.4. The van der Waals surface area contributed by atoms with E-state index in [0.29, 0.717) is 29.3 Å². The van der Waals surface area contributed by atoms with E-state index in [2.05, 4.69) is 10.1 Å². The van der Waals surface area contributed by atoms with Gasteiger partial charge in [-0.05, 0) is 25.0 Å². The van der Waals surface area contributed by atoms with Crippen LogP contribution in [0.3, 0.4) is 0 Å². The summed E-state index contributed by atoms with van der Waals surface area (Å²) in [4.78, 5) is 30.2. The molecule has 2 N–H and O–H groups in total. The molecular weight excluding hydrogens is 344 g/mol. The van der Waals surface area contributed by atoms with Crippen LogP contribution in [-0.2, 0) is 12.0 Å². The lowest BCUT2D eigenvalue weighted by molar-refractivity contribution is 0.0653. The summed E-state index contributed by atoms with van der Waals surface area (Å²) < 4.78 is 5.26. The minimum Gasteiger partial charge on any atom is -0.339 e. The number of nitrogens with two attached hydrogens (primary N) is 1. The number of hydrogen-bond donors (Lipinski definition) is 1. The molecule has 1 fully saturated rings. The standard InChI is InChI=1S/C17H18N4O3.ClH/c18-17(8-3-4-9-17)16-19-13(24-20-16)7-10-21-14(22)11-5-1-2-6-12(11)15(21)23;/h1-2,5-6H,3-4,7-10,18H2;1H. The van der Waals surface area contributed by atoms with Crippen LogP contribution >= 0.6 is 12.4 Å². The van der Waals surface area contributed by atoms with Crippen molar-refractivity contribution in [2.24, 2.45) is 5.73 Å². The van der Waals surface area contributed by atoms with Crippen molar-refractivity contribution in [1.29, 1.82) is 0 Å². The number of rotatable bonds is 4. The van der Waals surface area contributed by atoms with Crippen molar-refractivity contribution in [3.05, 3.63) is 47.1 Å². The average Bonchev–Trinajstić information content (AvgIpc) is 3.29. The number of carbonyl (C=O) groups is 2. The quantitative estimate of drug-likeness (QED) is 0.835. The predicted octanol–water partition coefficient (Wildman–Crippen LogP) is 2.06. The zero-order valence-corrected chi connectivity index (χ0v) is 14.4. The molecule has 0 radical (unpaired) electrons. The molecule has 8 heteroatoms. The zero-order valence-electron chi connectivity index (χ0n) is 13.6. The Morgan fingerprint density at radius 2 is 1.72 bits per heavy atom. The van der Waals surface area contributed by atoms with Gasteiger partial charge in [0.25, 0.3) is 11.8 Å². The van der Waals surface area contributed by atoms with E-state index in [0.717, 1.165) is 25.7 Å². The number of benzene rings is 1. The Hall–Kier alpha value is -2.25. The molecule has 0 unspecified atom stereocenters. The Morgan fingerprint density at radius 3 is 2.32 bits per heavy atom. The third-order valence-corrected chi connectivity index (χ3v) is 4.84. The number of fused-ring (bicyclic) bond motifs is 1. The van der Waals surface area contributed by atoms with Gasteiger partial charge in [-0.1, -0.05) is 30.1 Å². The number of imide groups is 1. The maximum Gasteiger partial charge on any atom is 0.261 e. The second kappa shape index (κ2) is 6.57. The summed E-state index contributed by atoms with van der Waals surface area (Å²) in [6.45, 7) is 0.214. The molecule has 0 atom stereocenters. The summed E-state index contributed by atoms with van der Waals surface area (Å²) in [6.07, 6.45) is 4.16. The summed E-state index contributed by atoms with van der Waals surface area (Å²) in [5, 5.41) is 3.99. The van der Waals surface area contributed by atoms with Crippen molar-refractivity contribution in [2.75, 3.05) is 6.54 Å². The van der Waals surface area contributed by atoms with Crippen molar-refractivity contribution in [3.8, 4) is 0 Å². The number of aromatic nitrogens is 2. The number of nitrogens with zero attached hydrogens (tertiary/aromatic N) is 3. The molecule has 2 aliphatic rings. The molecule has 0 bridgehead atoms.